The highest BCUT2D eigenvalue weighted by Crippen LogP contribution is 2.27. The fraction of sp³-hybridized carbons (Fsp3) is 0.333. The monoisotopic (exact) mass is 384 g/mol. The first kappa shape index (κ1) is 19.3. The van der Waals surface area contributed by atoms with Crippen LogP contribution in [0.25, 0.3) is 0 Å². The maximum Gasteiger partial charge on any atom is 0.233 e. The number of thioether (sulfide) groups is 1. The van der Waals surface area contributed by atoms with Gasteiger partial charge < -0.3 is 15.4 Å². The minimum absolute atomic E-state index is 0.0232. The number of rotatable bonds is 6. The molecule has 3 rings (SSSR count). The second-order valence-electron chi connectivity index (χ2n) is 6.55. The van der Waals surface area contributed by atoms with Crippen molar-refractivity contribution in [3.05, 3.63) is 60.2 Å². The molecule has 0 aliphatic carbocycles. The lowest BCUT2D eigenvalue weighted by molar-refractivity contribution is -0.126. The molecule has 2 aromatic carbocycles. The average molecular weight is 385 g/mol. The van der Waals surface area contributed by atoms with Crippen molar-refractivity contribution in [1.82, 2.24) is 10.6 Å². The van der Waals surface area contributed by atoms with Crippen LogP contribution in [0.2, 0.25) is 0 Å². The van der Waals surface area contributed by atoms with Crippen LogP contribution in [0.4, 0.5) is 0 Å². The normalized spacial score (nSPS) is 20.4. The molecule has 27 heavy (non-hydrogen) atoms. The lowest BCUT2D eigenvalue weighted by Gasteiger charge is -2.33. The minimum atomic E-state index is -0.243. The summed E-state index contributed by atoms with van der Waals surface area (Å²) in [6.07, 6.45) is 1.06. The van der Waals surface area contributed by atoms with Gasteiger partial charge in [0.25, 0.3) is 0 Å². The number of hydrogen-bond acceptors (Lipinski definition) is 4. The summed E-state index contributed by atoms with van der Waals surface area (Å²) in [5.41, 5.74) is 1.01. The number of methoxy groups -OCH3 is 1. The standard InChI is InChI=1S/C21H24N2O3S/c1-14(27-17-10-8-16(26-2)9-11-17)21(25)22-18-12-13-19(24)23-20(18)15-6-4-3-5-7-15/h3-11,14,18,20H,12-13H2,1-2H3,(H,22,25)(H,23,24)/t14-,18+,20+/m1/s1. The van der Waals surface area contributed by atoms with Gasteiger partial charge in [0.15, 0.2) is 0 Å². The number of piperidine rings is 1. The fourth-order valence-electron chi connectivity index (χ4n) is 3.14. The number of amides is 2. The average Bonchev–Trinajstić information content (AvgIpc) is 2.70. The van der Waals surface area contributed by atoms with Crippen LogP contribution in [0.15, 0.2) is 59.5 Å². The largest absolute Gasteiger partial charge is 0.497 e. The SMILES string of the molecule is COc1ccc(S[C@H](C)C(=O)N[C@H]2CCC(=O)N[C@H]2c2ccccc2)cc1. The van der Waals surface area contributed by atoms with Crippen LogP contribution in [0, 0.1) is 0 Å². The third-order valence-electron chi connectivity index (χ3n) is 4.63. The number of hydrogen-bond donors (Lipinski definition) is 2. The molecule has 6 heteroatoms. The van der Waals surface area contributed by atoms with Crippen LogP contribution < -0.4 is 15.4 Å². The first-order chi connectivity index (χ1) is 13.1. The molecule has 0 saturated carbocycles. The molecule has 0 unspecified atom stereocenters. The number of carbonyl (C=O) groups is 2. The van der Waals surface area contributed by atoms with Crippen LogP contribution in [-0.4, -0.2) is 30.2 Å². The Balaban J connectivity index is 1.64. The van der Waals surface area contributed by atoms with Crippen LogP contribution in [-0.2, 0) is 9.59 Å². The quantitative estimate of drug-likeness (QED) is 0.750. The molecule has 1 fully saturated rings. The molecular weight excluding hydrogens is 360 g/mol. The minimum Gasteiger partial charge on any atom is -0.497 e. The molecule has 1 heterocycles. The van der Waals surface area contributed by atoms with Crippen molar-refractivity contribution in [1.29, 1.82) is 0 Å². The zero-order chi connectivity index (χ0) is 19.2. The molecule has 1 aliphatic rings. The van der Waals surface area contributed by atoms with Gasteiger partial charge in [0.1, 0.15) is 5.75 Å². The van der Waals surface area contributed by atoms with Crippen LogP contribution in [0.5, 0.6) is 5.75 Å². The molecule has 1 aliphatic heterocycles. The number of carbonyl (C=O) groups excluding carboxylic acids is 2. The summed E-state index contributed by atoms with van der Waals surface area (Å²) in [4.78, 5) is 25.6. The summed E-state index contributed by atoms with van der Waals surface area (Å²) in [6.45, 7) is 1.89. The Kier molecular flexibility index (Phi) is 6.40. The van der Waals surface area contributed by atoms with E-state index in [4.69, 9.17) is 4.74 Å². The molecule has 0 radical (unpaired) electrons. The van der Waals surface area contributed by atoms with Gasteiger partial charge in [-0.05, 0) is 43.2 Å². The van der Waals surface area contributed by atoms with E-state index in [1.54, 1.807) is 7.11 Å². The smallest absolute Gasteiger partial charge is 0.233 e. The maximum atomic E-state index is 12.7. The molecule has 2 N–H and O–H groups in total. The summed E-state index contributed by atoms with van der Waals surface area (Å²) >= 11 is 1.50. The van der Waals surface area contributed by atoms with Crippen molar-refractivity contribution >= 4 is 23.6 Å². The van der Waals surface area contributed by atoms with Crippen molar-refractivity contribution in [3.63, 3.8) is 0 Å². The summed E-state index contributed by atoms with van der Waals surface area (Å²) in [6, 6.07) is 17.1. The third-order valence-corrected chi connectivity index (χ3v) is 5.74. The third kappa shape index (κ3) is 5.04. The van der Waals surface area contributed by atoms with E-state index in [9.17, 15) is 9.59 Å². The Hall–Kier alpha value is -2.47. The van der Waals surface area contributed by atoms with Gasteiger partial charge in [0.05, 0.1) is 24.4 Å². The van der Waals surface area contributed by atoms with Crippen LogP contribution in [0.3, 0.4) is 0 Å². The highest BCUT2D eigenvalue weighted by Gasteiger charge is 2.31. The summed E-state index contributed by atoms with van der Waals surface area (Å²) in [5.74, 6) is 0.785. The lowest BCUT2D eigenvalue weighted by Crippen LogP contribution is -2.51. The first-order valence-electron chi connectivity index (χ1n) is 9.02. The molecular formula is C21H24N2O3S. The number of benzene rings is 2. The van der Waals surface area contributed by atoms with E-state index in [-0.39, 0.29) is 29.1 Å². The first-order valence-corrected chi connectivity index (χ1v) is 9.90. The van der Waals surface area contributed by atoms with E-state index in [0.29, 0.717) is 12.8 Å². The van der Waals surface area contributed by atoms with Crippen molar-refractivity contribution in [2.24, 2.45) is 0 Å². The Morgan fingerprint density at radius 1 is 1.19 bits per heavy atom. The van der Waals surface area contributed by atoms with Gasteiger partial charge in [-0.15, -0.1) is 11.8 Å². The van der Waals surface area contributed by atoms with Gasteiger partial charge in [0.2, 0.25) is 11.8 Å². The van der Waals surface area contributed by atoms with Gasteiger partial charge >= 0.3 is 0 Å². The fourth-order valence-corrected chi connectivity index (χ4v) is 4.02. The van der Waals surface area contributed by atoms with E-state index >= 15 is 0 Å². The van der Waals surface area contributed by atoms with Gasteiger partial charge in [-0.25, -0.2) is 0 Å². The van der Waals surface area contributed by atoms with Crippen LogP contribution >= 0.6 is 11.8 Å². The molecule has 1 saturated heterocycles. The van der Waals surface area contributed by atoms with Crippen molar-refractivity contribution in [2.75, 3.05) is 7.11 Å². The van der Waals surface area contributed by atoms with E-state index in [1.165, 1.54) is 11.8 Å². The highest BCUT2D eigenvalue weighted by atomic mass is 32.2. The Labute approximate surface area is 163 Å². The molecule has 0 spiro atoms. The molecule has 142 valence electrons. The van der Waals surface area contributed by atoms with E-state index in [2.05, 4.69) is 10.6 Å². The molecule has 2 aromatic rings. The van der Waals surface area contributed by atoms with Crippen molar-refractivity contribution < 1.29 is 14.3 Å². The molecule has 0 aromatic heterocycles. The molecule has 5 nitrogen and oxygen atoms in total. The Morgan fingerprint density at radius 2 is 1.89 bits per heavy atom. The molecule has 2 amide bonds. The van der Waals surface area contributed by atoms with Gasteiger partial charge in [0, 0.05) is 11.3 Å². The predicted octanol–water partition coefficient (Wildman–Crippen LogP) is 3.31. The maximum absolute atomic E-state index is 12.7. The van der Waals surface area contributed by atoms with Crippen molar-refractivity contribution in [3.8, 4) is 5.75 Å². The van der Waals surface area contributed by atoms with Crippen LogP contribution in [0.1, 0.15) is 31.4 Å². The second-order valence-corrected chi connectivity index (χ2v) is 7.96. The van der Waals surface area contributed by atoms with E-state index < -0.39 is 0 Å². The topological polar surface area (TPSA) is 67.4 Å². The molecule has 3 atom stereocenters. The van der Waals surface area contributed by atoms with Gasteiger partial charge in [-0.1, -0.05) is 30.3 Å². The highest BCUT2D eigenvalue weighted by molar-refractivity contribution is 8.00. The summed E-state index contributed by atoms with van der Waals surface area (Å²) < 4.78 is 5.16. The number of ether oxygens (including phenoxy) is 1. The van der Waals surface area contributed by atoms with Gasteiger partial charge in [-0.3, -0.25) is 9.59 Å². The van der Waals surface area contributed by atoms with E-state index in [0.717, 1.165) is 16.2 Å². The second kappa shape index (κ2) is 8.95. The number of nitrogens with one attached hydrogen (secondary N) is 2. The zero-order valence-corrected chi connectivity index (χ0v) is 16.3. The van der Waals surface area contributed by atoms with E-state index in [1.807, 2.05) is 61.5 Å². The summed E-state index contributed by atoms with van der Waals surface area (Å²) in [7, 11) is 1.63. The Morgan fingerprint density at radius 3 is 2.56 bits per heavy atom. The zero-order valence-electron chi connectivity index (χ0n) is 15.5. The molecule has 0 bridgehead atoms. The predicted molar refractivity (Wildman–Crippen MR) is 107 cm³/mol. The van der Waals surface area contributed by atoms with Gasteiger partial charge in [-0.2, -0.15) is 0 Å². The van der Waals surface area contributed by atoms with Crippen molar-refractivity contribution in [2.45, 2.75) is 42.0 Å². The Bertz CT molecular complexity index is 780. The summed E-state index contributed by atoms with van der Waals surface area (Å²) in [5, 5.41) is 5.90. The lowest BCUT2D eigenvalue weighted by atomic mass is 9.92.